The first kappa shape index (κ1) is 10.4. The molecule has 1 N–H and O–H groups in total. The van der Waals surface area contributed by atoms with Gasteiger partial charge in [-0.1, -0.05) is 0 Å². The summed E-state index contributed by atoms with van der Waals surface area (Å²) in [6.07, 6.45) is 5.20. The summed E-state index contributed by atoms with van der Waals surface area (Å²) in [5, 5.41) is 7.08. The van der Waals surface area contributed by atoms with Crippen LogP contribution in [0.1, 0.15) is 6.92 Å². The molecular formula is C10H13N5O. The number of ether oxygens (including phenoxy) is 1. The molecule has 2 heterocycles. The lowest BCUT2D eigenvalue weighted by molar-refractivity contribution is 0.327. The Morgan fingerprint density at radius 3 is 3.06 bits per heavy atom. The number of anilines is 2. The fraction of sp³-hybridized carbons (Fsp3) is 0.300. The van der Waals surface area contributed by atoms with E-state index in [0.29, 0.717) is 18.4 Å². The van der Waals surface area contributed by atoms with Crippen LogP contribution < -0.4 is 10.1 Å². The molecule has 2 aromatic heterocycles. The predicted octanol–water partition coefficient (Wildman–Crippen LogP) is 1.35. The molecule has 0 bridgehead atoms. The summed E-state index contributed by atoms with van der Waals surface area (Å²) in [6, 6.07) is 1.72. The molecular weight excluding hydrogens is 206 g/mol. The third-order valence-electron chi connectivity index (χ3n) is 1.88. The van der Waals surface area contributed by atoms with Crippen LogP contribution in [0.5, 0.6) is 5.88 Å². The zero-order valence-corrected chi connectivity index (χ0v) is 9.21. The Labute approximate surface area is 93.3 Å². The molecule has 0 aliphatic rings. The van der Waals surface area contributed by atoms with Gasteiger partial charge in [-0.2, -0.15) is 10.1 Å². The minimum Gasteiger partial charge on any atom is -0.478 e. The summed E-state index contributed by atoms with van der Waals surface area (Å²) < 4.78 is 6.98. The van der Waals surface area contributed by atoms with Crippen molar-refractivity contribution in [1.29, 1.82) is 0 Å². The molecule has 0 fully saturated rings. The second-order valence-electron chi connectivity index (χ2n) is 3.18. The van der Waals surface area contributed by atoms with E-state index in [-0.39, 0.29) is 0 Å². The summed E-state index contributed by atoms with van der Waals surface area (Å²) in [5.74, 6) is 1.06. The van der Waals surface area contributed by atoms with E-state index in [1.165, 1.54) is 0 Å². The van der Waals surface area contributed by atoms with E-state index in [0.717, 1.165) is 5.69 Å². The second kappa shape index (κ2) is 4.61. The SMILES string of the molecule is CCOc1ccnc(Nc2cnn(C)c2)n1. The quantitative estimate of drug-likeness (QED) is 0.840. The molecule has 0 unspecified atom stereocenters. The van der Waals surface area contributed by atoms with Gasteiger partial charge >= 0.3 is 0 Å². The van der Waals surface area contributed by atoms with Crippen molar-refractivity contribution in [3.05, 3.63) is 24.7 Å². The van der Waals surface area contributed by atoms with Crippen molar-refractivity contribution < 1.29 is 4.74 Å². The van der Waals surface area contributed by atoms with E-state index < -0.39 is 0 Å². The molecule has 84 valence electrons. The third kappa shape index (κ3) is 2.47. The second-order valence-corrected chi connectivity index (χ2v) is 3.18. The van der Waals surface area contributed by atoms with Gasteiger partial charge in [0.1, 0.15) is 0 Å². The molecule has 0 amide bonds. The van der Waals surface area contributed by atoms with E-state index in [9.17, 15) is 0 Å². The summed E-state index contributed by atoms with van der Waals surface area (Å²) in [5.41, 5.74) is 0.844. The van der Waals surface area contributed by atoms with Gasteiger partial charge in [-0.05, 0) is 6.92 Å². The molecule has 0 saturated carbocycles. The van der Waals surface area contributed by atoms with Crippen LogP contribution in [-0.4, -0.2) is 26.4 Å². The predicted molar refractivity (Wildman–Crippen MR) is 59.7 cm³/mol. The molecule has 6 heteroatoms. The maximum absolute atomic E-state index is 5.28. The van der Waals surface area contributed by atoms with E-state index in [2.05, 4.69) is 20.4 Å². The lowest BCUT2D eigenvalue weighted by Crippen LogP contribution is -1.99. The van der Waals surface area contributed by atoms with Gasteiger partial charge in [-0.15, -0.1) is 0 Å². The molecule has 0 aliphatic carbocycles. The molecule has 16 heavy (non-hydrogen) atoms. The Kier molecular flexibility index (Phi) is 3.00. The average Bonchev–Trinajstić information content (AvgIpc) is 2.65. The number of aryl methyl sites for hydroxylation is 1. The maximum Gasteiger partial charge on any atom is 0.230 e. The molecule has 0 spiro atoms. The highest BCUT2D eigenvalue weighted by molar-refractivity contribution is 5.50. The van der Waals surface area contributed by atoms with Crippen molar-refractivity contribution >= 4 is 11.6 Å². The fourth-order valence-corrected chi connectivity index (χ4v) is 1.25. The van der Waals surface area contributed by atoms with Crippen molar-refractivity contribution in [1.82, 2.24) is 19.7 Å². The highest BCUT2D eigenvalue weighted by atomic mass is 16.5. The van der Waals surface area contributed by atoms with Crippen LogP contribution in [-0.2, 0) is 7.05 Å². The van der Waals surface area contributed by atoms with Gasteiger partial charge < -0.3 is 10.1 Å². The fourth-order valence-electron chi connectivity index (χ4n) is 1.25. The van der Waals surface area contributed by atoms with Gasteiger partial charge in [0.25, 0.3) is 0 Å². The van der Waals surface area contributed by atoms with Crippen LogP contribution in [0, 0.1) is 0 Å². The van der Waals surface area contributed by atoms with Gasteiger partial charge in [-0.25, -0.2) is 4.98 Å². The first-order chi connectivity index (χ1) is 7.78. The van der Waals surface area contributed by atoms with Gasteiger partial charge in [-0.3, -0.25) is 4.68 Å². The van der Waals surface area contributed by atoms with Crippen molar-refractivity contribution in [3.8, 4) is 5.88 Å². The van der Waals surface area contributed by atoms with Crippen LogP contribution >= 0.6 is 0 Å². The normalized spacial score (nSPS) is 10.1. The number of aromatic nitrogens is 4. The maximum atomic E-state index is 5.28. The minimum absolute atomic E-state index is 0.499. The highest BCUT2D eigenvalue weighted by Gasteiger charge is 2.01. The first-order valence-electron chi connectivity index (χ1n) is 4.99. The number of nitrogens with one attached hydrogen (secondary N) is 1. The van der Waals surface area contributed by atoms with Crippen LogP contribution in [0.2, 0.25) is 0 Å². The van der Waals surface area contributed by atoms with Crippen molar-refractivity contribution in [2.24, 2.45) is 7.05 Å². The molecule has 0 radical (unpaired) electrons. The van der Waals surface area contributed by atoms with E-state index in [1.54, 1.807) is 23.1 Å². The molecule has 0 aromatic carbocycles. The van der Waals surface area contributed by atoms with Crippen molar-refractivity contribution in [2.45, 2.75) is 6.92 Å². The number of rotatable bonds is 4. The Morgan fingerprint density at radius 2 is 2.38 bits per heavy atom. The molecule has 2 aromatic rings. The zero-order valence-electron chi connectivity index (χ0n) is 9.21. The smallest absolute Gasteiger partial charge is 0.230 e. The van der Waals surface area contributed by atoms with Gasteiger partial charge in [0.2, 0.25) is 11.8 Å². The van der Waals surface area contributed by atoms with Gasteiger partial charge in [0.15, 0.2) is 0 Å². The summed E-state index contributed by atoms with van der Waals surface area (Å²) in [6.45, 7) is 2.50. The monoisotopic (exact) mass is 219 g/mol. The first-order valence-corrected chi connectivity index (χ1v) is 4.99. The zero-order chi connectivity index (χ0) is 11.4. The Balaban J connectivity index is 2.12. The van der Waals surface area contributed by atoms with Crippen LogP contribution in [0.25, 0.3) is 0 Å². The Morgan fingerprint density at radius 1 is 1.50 bits per heavy atom. The van der Waals surface area contributed by atoms with Crippen LogP contribution in [0.15, 0.2) is 24.7 Å². The van der Waals surface area contributed by atoms with Gasteiger partial charge in [0.05, 0.1) is 18.5 Å². The number of hydrogen-bond donors (Lipinski definition) is 1. The molecule has 0 aliphatic heterocycles. The van der Waals surface area contributed by atoms with E-state index in [1.807, 2.05) is 20.2 Å². The summed E-state index contributed by atoms with van der Waals surface area (Å²) in [7, 11) is 1.85. The van der Waals surface area contributed by atoms with Crippen molar-refractivity contribution in [2.75, 3.05) is 11.9 Å². The number of hydrogen-bond acceptors (Lipinski definition) is 5. The molecule has 2 rings (SSSR count). The Bertz CT molecular complexity index is 468. The van der Waals surface area contributed by atoms with Crippen LogP contribution in [0.4, 0.5) is 11.6 Å². The average molecular weight is 219 g/mol. The number of nitrogens with zero attached hydrogens (tertiary/aromatic N) is 4. The lowest BCUT2D eigenvalue weighted by Gasteiger charge is -2.04. The van der Waals surface area contributed by atoms with Gasteiger partial charge in [0, 0.05) is 25.5 Å². The van der Waals surface area contributed by atoms with E-state index >= 15 is 0 Å². The highest BCUT2D eigenvalue weighted by Crippen LogP contribution is 2.13. The van der Waals surface area contributed by atoms with Crippen molar-refractivity contribution in [3.63, 3.8) is 0 Å². The summed E-state index contributed by atoms with van der Waals surface area (Å²) in [4.78, 5) is 8.27. The third-order valence-corrected chi connectivity index (χ3v) is 1.88. The van der Waals surface area contributed by atoms with E-state index in [4.69, 9.17) is 4.74 Å². The molecule has 0 atom stereocenters. The molecule has 6 nitrogen and oxygen atoms in total. The lowest BCUT2D eigenvalue weighted by atomic mass is 10.5. The summed E-state index contributed by atoms with van der Waals surface area (Å²) >= 11 is 0. The minimum atomic E-state index is 0.499. The largest absolute Gasteiger partial charge is 0.478 e. The Hall–Kier alpha value is -2.11. The molecule has 0 saturated heterocycles. The standard InChI is InChI=1S/C10H13N5O/c1-3-16-9-4-5-11-10(14-9)13-8-6-12-15(2)7-8/h4-7H,3H2,1-2H3,(H,11,13,14). The van der Waals surface area contributed by atoms with Crippen LogP contribution in [0.3, 0.4) is 0 Å². The topological polar surface area (TPSA) is 64.9 Å².